The summed E-state index contributed by atoms with van der Waals surface area (Å²) in [5.41, 5.74) is 5.27. The fraction of sp³-hybridized carbons (Fsp3) is 0.290. The van der Waals surface area contributed by atoms with E-state index in [0.29, 0.717) is 30.5 Å². The molecule has 1 amide bonds. The minimum Gasteiger partial charge on any atom is -0.381 e. The fourth-order valence-corrected chi connectivity index (χ4v) is 5.51. The summed E-state index contributed by atoms with van der Waals surface area (Å²) >= 11 is 0. The summed E-state index contributed by atoms with van der Waals surface area (Å²) in [4.78, 5) is 32.4. The van der Waals surface area contributed by atoms with E-state index in [1.165, 1.54) is 0 Å². The van der Waals surface area contributed by atoms with E-state index in [1.807, 2.05) is 60.8 Å². The highest BCUT2D eigenvalue weighted by atomic mass is 32.2. The van der Waals surface area contributed by atoms with Crippen molar-refractivity contribution in [2.45, 2.75) is 38.6 Å². The molecule has 0 saturated heterocycles. The predicted octanol–water partition coefficient (Wildman–Crippen LogP) is 6.02. The van der Waals surface area contributed by atoms with Gasteiger partial charge in [-0.05, 0) is 85.2 Å². The van der Waals surface area contributed by atoms with Gasteiger partial charge in [0.15, 0.2) is 5.78 Å². The van der Waals surface area contributed by atoms with Gasteiger partial charge in [0.05, 0.1) is 24.2 Å². The van der Waals surface area contributed by atoms with Crippen molar-refractivity contribution < 1.29 is 22.2 Å². The Morgan fingerprint density at radius 1 is 1.02 bits per heavy atom. The second-order valence-corrected chi connectivity index (χ2v) is 11.9. The van der Waals surface area contributed by atoms with Crippen LogP contribution in [0, 0.1) is 0 Å². The molecule has 0 spiro atoms. The lowest BCUT2D eigenvalue weighted by Gasteiger charge is -2.23. The molecule has 0 saturated carbocycles. The van der Waals surface area contributed by atoms with Gasteiger partial charge in [-0.25, -0.2) is 0 Å². The molecule has 0 unspecified atom stereocenters. The van der Waals surface area contributed by atoms with E-state index in [9.17, 15) is 18.0 Å². The molecule has 0 aliphatic carbocycles. The number of fused-ring (bicyclic) bond motifs is 2. The first-order valence-electron chi connectivity index (χ1n) is 13.5. The third-order valence-corrected chi connectivity index (χ3v) is 7.75. The SMILES string of the molecule is C[C@H]1CCN(C(=O)c2ccc(-c3ccc4[nH]ccc4c3)c(C(=O)CCCCOS(C)(=O)=O)c2)c2ccccc2N1. The monoisotopic (exact) mass is 559 g/mol. The highest BCUT2D eigenvalue weighted by Gasteiger charge is 2.26. The molecule has 4 aromatic rings. The summed E-state index contributed by atoms with van der Waals surface area (Å²) in [7, 11) is -3.52. The van der Waals surface area contributed by atoms with Crippen LogP contribution < -0.4 is 10.2 Å². The molecule has 1 aliphatic heterocycles. The largest absolute Gasteiger partial charge is 0.381 e. The Kier molecular flexibility index (Phi) is 8.04. The number of carbonyl (C=O) groups is 2. The van der Waals surface area contributed by atoms with Gasteiger partial charge in [-0.2, -0.15) is 8.42 Å². The molecule has 1 aromatic heterocycles. The quantitative estimate of drug-likeness (QED) is 0.148. The zero-order valence-corrected chi connectivity index (χ0v) is 23.5. The molecular formula is C31H33N3O5S. The lowest BCUT2D eigenvalue weighted by molar-refractivity contribution is 0.0978. The minimum atomic E-state index is -3.52. The van der Waals surface area contributed by atoms with Crippen molar-refractivity contribution in [2.24, 2.45) is 0 Å². The van der Waals surface area contributed by atoms with Crippen molar-refractivity contribution >= 4 is 44.1 Å². The molecule has 1 atom stereocenters. The van der Waals surface area contributed by atoms with Gasteiger partial charge in [-0.3, -0.25) is 13.8 Å². The van der Waals surface area contributed by atoms with E-state index < -0.39 is 10.1 Å². The molecule has 2 heterocycles. The number of ketones is 1. The van der Waals surface area contributed by atoms with E-state index in [-0.39, 0.29) is 30.8 Å². The number of anilines is 2. The molecule has 0 fully saturated rings. The average molecular weight is 560 g/mol. The fourth-order valence-electron chi connectivity index (χ4n) is 5.09. The van der Waals surface area contributed by atoms with Crippen LogP contribution in [0.15, 0.2) is 72.9 Å². The van der Waals surface area contributed by atoms with Gasteiger partial charge in [-0.1, -0.05) is 24.3 Å². The number of hydrogen-bond donors (Lipinski definition) is 2. The van der Waals surface area contributed by atoms with Crippen LogP contribution in [0.1, 0.15) is 53.3 Å². The van der Waals surface area contributed by atoms with Gasteiger partial charge in [0.1, 0.15) is 0 Å². The van der Waals surface area contributed by atoms with Crippen molar-refractivity contribution in [3.63, 3.8) is 0 Å². The van der Waals surface area contributed by atoms with Gasteiger partial charge in [0, 0.05) is 41.8 Å². The lowest BCUT2D eigenvalue weighted by Crippen LogP contribution is -2.32. The maximum Gasteiger partial charge on any atom is 0.264 e. The molecule has 40 heavy (non-hydrogen) atoms. The van der Waals surface area contributed by atoms with Crippen LogP contribution in [0.5, 0.6) is 0 Å². The zero-order valence-electron chi connectivity index (χ0n) is 22.6. The summed E-state index contributed by atoms with van der Waals surface area (Å²) < 4.78 is 27.3. The highest BCUT2D eigenvalue weighted by molar-refractivity contribution is 7.85. The van der Waals surface area contributed by atoms with Crippen LogP contribution in [-0.4, -0.2) is 50.5 Å². The number of para-hydroxylation sites is 2. The number of nitrogens with one attached hydrogen (secondary N) is 2. The molecule has 208 valence electrons. The zero-order chi connectivity index (χ0) is 28.3. The molecule has 5 rings (SSSR count). The number of hydrogen-bond acceptors (Lipinski definition) is 6. The van der Waals surface area contributed by atoms with Crippen molar-refractivity contribution in [1.29, 1.82) is 0 Å². The summed E-state index contributed by atoms with van der Waals surface area (Å²) in [6, 6.07) is 21.3. The third kappa shape index (κ3) is 6.26. The van der Waals surface area contributed by atoms with Gasteiger partial charge in [0.25, 0.3) is 16.0 Å². The number of rotatable bonds is 9. The van der Waals surface area contributed by atoms with Crippen LogP contribution in [0.3, 0.4) is 0 Å². The molecule has 0 bridgehead atoms. The number of aromatic nitrogens is 1. The Hall–Kier alpha value is -3.95. The lowest BCUT2D eigenvalue weighted by atomic mass is 9.92. The van der Waals surface area contributed by atoms with Gasteiger partial charge in [0.2, 0.25) is 0 Å². The summed E-state index contributed by atoms with van der Waals surface area (Å²) in [5.74, 6) is -0.267. The van der Waals surface area contributed by atoms with Crippen LogP contribution in [0.2, 0.25) is 0 Å². The first kappa shape index (κ1) is 27.6. The normalized spacial score (nSPS) is 15.3. The average Bonchev–Trinajstić information content (AvgIpc) is 3.33. The van der Waals surface area contributed by atoms with Crippen molar-refractivity contribution in [3.05, 3.63) is 84.1 Å². The number of nitrogens with zero attached hydrogens (tertiary/aromatic N) is 1. The van der Waals surface area contributed by atoms with Crippen molar-refractivity contribution in [2.75, 3.05) is 29.6 Å². The van der Waals surface area contributed by atoms with Crippen LogP contribution in [0.4, 0.5) is 11.4 Å². The number of aromatic amines is 1. The summed E-state index contributed by atoms with van der Waals surface area (Å²) in [6.07, 6.45) is 4.77. The van der Waals surface area contributed by atoms with Crippen molar-refractivity contribution in [1.82, 2.24) is 4.98 Å². The Balaban J connectivity index is 1.47. The second-order valence-electron chi connectivity index (χ2n) is 10.3. The molecule has 9 heteroatoms. The highest BCUT2D eigenvalue weighted by Crippen LogP contribution is 2.33. The van der Waals surface area contributed by atoms with E-state index >= 15 is 0 Å². The van der Waals surface area contributed by atoms with Crippen LogP contribution in [-0.2, 0) is 14.3 Å². The third-order valence-electron chi connectivity index (χ3n) is 7.15. The Labute approximate surface area is 234 Å². The molecule has 8 nitrogen and oxygen atoms in total. The Bertz CT molecular complexity index is 1660. The molecule has 1 aliphatic rings. The number of H-pyrrole nitrogens is 1. The van der Waals surface area contributed by atoms with Crippen LogP contribution in [0.25, 0.3) is 22.0 Å². The van der Waals surface area contributed by atoms with Gasteiger partial charge >= 0.3 is 0 Å². The Morgan fingerprint density at radius 3 is 2.67 bits per heavy atom. The Morgan fingerprint density at radius 2 is 1.85 bits per heavy atom. The first-order valence-corrected chi connectivity index (χ1v) is 15.3. The van der Waals surface area contributed by atoms with E-state index in [0.717, 1.165) is 46.1 Å². The first-order chi connectivity index (χ1) is 19.2. The van der Waals surface area contributed by atoms with Gasteiger partial charge in [-0.15, -0.1) is 0 Å². The van der Waals surface area contributed by atoms with Crippen LogP contribution >= 0.6 is 0 Å². The van der Waals surface area contributed by atoms with E-state index in [2.05, 4.69) is 17.2 Å². The predicted molar refractivity (Wildman–Crippen MR) is 159 cm³/mol. The number of carbonyl (C=O) groups excluding carboxylic acids is 2. The van der Waals surface area contributed by atoms with Crippen molar-refractivity contribution in [3.8, 4) is 11.1 Å². The molecular weight excluding hydrogens is 526 g/mol. The maximum absolute atomic E-state index is 13.9. The van der Waals surface area contributed by atoms with E-state index in [1.54, 1.807) is 17.0 Å². The second kappa shape index (κ2) is 11.7. The number of benzene rings is 3. The summed E-state index contributed by atoms with van der Waals surface area (Å²) in [6.45, 7) is 2.68. The molecule has 0 radical (unpaired) electrons. The topological polar surface area (TPSA) is 109 Å². The number of unbranched alkanes of at least 4 members (excludes halogenated alkanes) is 1. The summed E-state index contributed by atoms with van der Waals surface area (Å²) in [5, 5.41) is 4.50. The minimum absolute atomic E-state index is 0.0302. The van der Waals surface area contributed by atoms with E-state index in [4.69, 9.17) is 4.18 Å². The number of Topliss-reactive ketones (excluding diaryl/α,β-unsaturated/α-hetero) is 1. The maximum atomic E-state index is 13.9. The number of amides is 1. The molecule has 2 N–H and O–H groups in total. The standard InChI is InChI=1S/C31H33N3O5S/c1-21-15-17-34(29-8-4-3-7-28(29)33-21)31(36)24-10-12-25(22-11-13-27-23(19-22)14-16-32-27)26(20-24)30(35)9-5-6-18-39-40(2,37)38/h3-4,7-8,10-14,16,19-21,32-33H,5-6,9,15,17-18H2,1-2H3/t21-/m0/s1. The molecule has 3 aromatic carbocycles. The smallest absolute Gasteiger partial charge is 0.264 e. The van der Waals surface area contributed by atoms with Gasteiger partial charge < -0.3 is 15.2 Å².